The van der Waals surface area contributed by atoms with Crippen LogP contribution in [0.2, 0.25) is 0 Å². The van der Waals surface area contributed by atoms with E-state index < -0.39 is 5.92 Å². The summed E-state index contributed by atoms with van der Waals surface area (Å²) in [4.78, 5) is 28.1. The molecule has 2 fully saturated rings. The summed E-state index contributed by atoms with van der Waals surface area (Å²) in [5.74, 6) is -1.22. The highest BCUT2D eigenvalue weighted by Gasteiger charge is 2.37. The summed E-state index contributed by atoms with van der Waals surface area (Å²) in [5, 5.41) is 6.45. The summed E-state index contributed by atoms with van der Waals surface area (Å²) in [6.07, 6.45) is 15.4. The lowest BCUT2D eigenvalue weighted by molar-refractivity contribution is -0.118. The largest absolute Gasteiger partial charge is 0.370 e. The molecule has 1 saturated carbocycles. The molecule has 180 valence electrons. The first-order valence-corrected chi connectivity index (χ1v) is 12.0. The van der Waals surface area contributed by atoms with Gasteiger partial charge in [0, 0.05) is 68.5 Å². The minimum Gasteiger partial charge on any atom is -0.370 e. The molecule has 2 atom stereocenters. The first-order valence-electron chi connectivity index (χ1n) is 12.0. The number of hydrogen-bond donors (Lipinski definition) is 2. The predicted octanol–water partition coefficient (Wildman–Crippen LogP) is 3.16. The summed E-state index contributed by atoms with van der Waals surface area (Å²) in [7, 11) is 0. The average Bonchev–Trinajstić information content (AvgIpc) is 3.68. The molecule has 1 aromatic rings. The molecule has 1 aromatic heterocycles. The van der Waals surface area contributed by atoms with Crippen LogP contribution < -0.4 is 10.6 Å². The zero-order chi connectivity index (χ0) is 23.5. The molecular weight excluding hydrogens is 438 g/mol. The van der Waals surface area contributed by atoms with Gasteiger partial charge in [0.2, 0.25) is 5.91 Å². The molecule has 2 N–H and O–H groups in total. The lowest BCUT2D eigenvalue weighted by atomic mass is 9.85. The third-order valence-electron chi connectivity index (χ3n) is 6.99. The average molecular weight is 469 g/mol. The van der Waals surface area contributed by atoms with Crippen molar-refractivity contribution < 1.29 is 13.6 Å². The van der Waals surface area contributed by atoms with Crippen LogP contribution in [0, 0.1) is 11.8 Å². The topological polar surface area (TPSA) is 82.5 Å². The van der Waals surface area contributed by atoms with Gasteiger partial charge in [-0.1, -0.05) is 12.2 Å². The highest BCUT2D eigenvalue weighted by molar-refractivity contribution is 6.09. The van der Waals surface area contributed by atoms with E-state index in [-0.39, 0.29) is 43.8 Å². The predicted molar refractivity (Wildman–Crippen MR) is 125 cm³/mol. The van der Waals surface area contributed by atoms with Gasteiger partial charge in [-0.3, -0.25) is 9.69 Å². The number of likely N-dealkylation sites (tertiary alicyclic amines) is 1. The maximum Gasteiger partial charge on any atom is 0.250 e. The first-order chi connectivity index (χ1) is 16.5. The summed E-state index contributed by atoms with van der Waals surface area (Å²) >= 11 is 0. The van der Waals surface area contributed by atoms with E-state index in [1.807, 2.05) is 23.1 Å². The Morgan fingerprint density at radius 1 is 1.21 bits per heavy atom. The lowest BCUT2D eigenvalue weighted by Gasteiger charge is -2.37. The minimum atomic E-state index is -2.63. The van der Waals surface area contributed by atoms with Crippen LogP contribution in [0.4, 0.5) is 8.78 Å². The van der Waals surface area contributed by atoms with Gasteiger partial charge < -0.3 is 10.6 Å². The van der Waals surface area contributed by atoms with Gasteiger partial charge in [0.25, 0.3) is 5.92 Å². The second-order valence-corrected chi connectivity index (χ2v) is 9.51. The Bertz CT molecular complexity index is 1020. The molecule has 2 aliphatic carbocycles. The summed E-state index contributed by atoms with van der Waals surface area (Å²) < 4.78 is 27.4. The van der Waals surface area contributed by atoms with Crippen molar-refractivity contribution in [2.45, 2.75) is 44.1 Å². The fourth-order valence-corrected chi connectivity index (χ4v) is 4.73. The van der Waals surface area contributed by atoms with E-state index in [1.165, 1.54) is 19.2 Å². The molecule has 4 aliphatic rings. The number of piperidine rings is 1. The number of rotatable bonds is 8. The zero-order valence-corrected chi connectivity index (χ0v) is 19.1. The Balaban J connectivity index is 1.23. The van der Waals surface area contributed by atoms with Crippen LogP contribution in [0.25, 0.3) is 0 Å². The smallest absolute Gasteiger partial charge is 0.250 e. The number of aromatic nitrogens is 2. The molecule has 1 amide bonds. The van der Waals surface area contributed by atoms with E-state index in [0.29, 0.717) is 18.5 Å². The van der Waals surface area contributed by atoms with E-state index in [1.54, 1.807) is 12.4 Å². The van der Waals surface area contributed by atoms with Crippen molar-refractivity contribution in [1.29, 1.82) is 0 Å². The Hall–Kier alpha value is -2.94. The van der Waals surface area contributed by atoms with Gasteiger partial charge >= 0.3 is 0 Å². The van der Waals surface area contributed by atoms with Crippen molar-refractivity contribution in [3.63, 3.8) is 0 Å². The van der Waals surface area contributed by atoms with Crippen molar-refractivity contribution in [3.8, 4) is 0 Å². The number of allylic oxidation sites excluding steroid dienone is 4. The molecule has 0 bridgehead atoms. The van der Waals surface area contributed by atoms with Crippen molar-refractivity contribution >= 4 is 11.6 Å². The number of carbonyl (C=O) groups is 1. The molecule has 7 nitrogen and oxygen atoms in total. The monoisotopic (exact) mass is 468 g/mol. The number of alkyl halides is 2. The highest BCUT2D eigenvalue weighted by atomic mass is 19.3. The van der Waals surface area contributed by atoms with Gasteiger partial charge in [-0.2, -0.15) is 0 Å². The first kappa shape index (κ1) is 22.8. The van der Waals surface area contributed by atoms with E-state index in [9.17, 15) is 13.6 Å². The maximum absolute atomic E-state index is 13.7. The van der Waals surface area contributed by atoms with Crippen LogP contribution in [0.5, 0.6) is 0 Å². The molecular formula is C25H30F2N6O. The number of aliphatic imine (C=N–C) groups is 1. The van der Waals surface area contributed by atoms with E-state index in [4.69, 9.17) is 4.99 Å². The SMILES string of the molecule is O=C(NCC(c1cncnc1)N1CCC(F)(F)CC1)C1=CC=CC2=NC(NCC3CC3)=CCC12. The maximum atomic E-state index is 13.7. The van der Waals surface area contributed by atoms with E-state index in [0.717, 1.165) is 29.6 Å². The third kappa shape index (κ3) is 5.41. The van der Waals surface area contributed by atoms with Gasteiger partial charge in [-0.05, 0) is 37.3 Å². The fourth-order valence-electron chi connectivity index (χ4n) is 4.73. The third-order valence-corrected chi connectivity index (χ3v) is 6.99. The number of halogens is 2. The second kappa shape index (κ2) is 9.74. The molecule has 5 rings (SSSR count). The van der Waals surface area contributed by atoms with E-state index in [2.05, 4.69) is 26.7 Å². The van der Waals surface area contributed by atoms with Crippen LogP contribution in [0.15, 0.2) is 59.4 Å². The summed E-state index contributed by atoms with van der Waals surface area (Å²) in [6.45, 7) is 1.76. The normalized spacial score (nSPS) is 24.9. The number of nitrogens with one attached hydrogen (secondary N) is 2. The Kier molecular flexibility index (Phi) is 6.54. The number of fused-ring (bicyclic) bond motifs is 1. The van der Waals surface area contributed by atoms with Gasteiger partial charge in [-0.25, -0.2) is 23.7 Å². The molecule has 0 spiro atoms. The van der Waals surface area contributed by atoms with Crippen molar-refractivity contribution in [2.24, 2.45) is 16.8 Å². The Labute approximate surface area is 198 Å². The number of carbonyl (C=O) groups excluding carboxylic acids is 1. The Morgan fingerprint density at radius 2 is 1.97 bits per heavy atom. The number of hydrogen-bond acceptors (Lipinski definition) is 6. The van der Waals surface area contributed by atoms with Gasteiger partial charge in [-0.15, -0.1) is 0 Å². The van der Waals surface area contributed by atoms with E-state index >= 15 is 0 Å². The molecule has 1 saturated heterocycles. The molecule has 0 aromatic carbocycles. The summed E-state index contributed by atoms with van der Waals surface area (Å²) in [6, 6.07) is -0.265. The standard InChI is InChI=1S/C25H30F2N6O/c26-25(27)8-10-33(11-9-25)22(18-13-28-16-29-14-18)15-31-24(34)20-2-1-3-21-19(20)6-7-23(32-21)30-12-17-4-5-17/h1-3,7,13-14,16-17,19,22,30H,4-6,8-12,15H2,(H,31,34). The quantitative estimate of drug-likeness (QED) is 0.613. The van der Waals surface area contributed by atoms with Crippen molar-refractivity contribution in [3.05, 3.63) is 60.0 Å². The number of nitrogens with zero attached hydrogens (tertiary/aromatic N) is 4. The molecule has 9 heteroatoms. The second-order valence-electron chi connectivity index (χ2n) is 9.51. The van der Waals surface area contributed by atoms with Crippen LogP contribution >= 0.6 is 0 Å². The Morgan fingerprint density at radius 3 is 2.71 bits per heavy atom. The van der Waals surface area contributed by atoms with Crippen LogP contribution in [-0.2, 0) is 4.79 Å². The van der Waals surface area contributed by atoms with Crippen molar-refractivity contribution in [2.75, 3.05) is 26.2 Å². The molecule has 3 heterocycles. The van der Waals surface area contributed by atoms with Gasteiger partial charge in [0.05, 0.1) is 11.8 Å². The molecule has 34 heavy (non-hydrogen) atoms. The minimum absolute atomic E-state index is 0.0799. The van der Waals surface area contributed by atoms with Crippen LogP contribution in [0.1, 0.15) is 43.7 Å². The van der Waals surface area contributed by atoms with Crippen molar-refractivity contribution in [1.82, 2.24) is 25.5 Å². The molecule has 2 unspecified atom stereocenters. The summed E-state index contributed by atoms with van der Waals surface area (Å²) in [5.41, 5.74) is 2.37. The van der Waals surface area contributed by atoms with Gasteiger partial charge in [0.1, 0.15) is 12.1 Å². The van der Waals surface area contributed by atoms with Gasteiger partial charge in [0.15, 0.2) is 0 Å². The highest BCUT2D eigenvalue weighted by Crippen LogP contribution is 2.33. The molecule has 0 radical (unpaired) electrons. The van der Waals surface area contributed by atoms with Crippen LogP contribution in [-0.4, -0.2) is 58.6 Å². The van der Waals surface area contributed by atoms with Crippen LogP contribution in [0.3, 0.4) is 0 Å². The number of amides is 1. The lowest BCUT2D eigenvalue weighted by Crippen LogP contribution is -2.45. The molecule has 2 aliphatic heterocycles. The fraction of sp³-hybridized carbons (Fsp3) is 0.520. The zero-order valence-electron chi connectivity index (χ0n) is 19.1.